The predicted molar refractivity (Wildman–Crippen MR) is 91.1 cm³/mol. The van der Waals surface area contributed by atoms with Gasteiger partial charge in [-0.15, -0.1) is 0 Å². The first-order valence-corrected chi connectivity index (χ1v) is 9.92. The Morgan fingerprint density at radius 2 is 2.00 bits per heavy atom. The Hall–Kier alpha value is -1.64. The van der Waals surface area contributed by atoms with Gasteiger partial charge < -0.3 is 14.8 Å². The Morgan fingerprint density at radius 1 is 1.28 bits per heavy atom. The van der Waals surface area contributed by atoms with Crippen LogP contribution < -0.4 is 5.32 Å². The number of amides is 1. The average molecular weight is 390 g/mol. The zero-order valence-electron chi connectivity index (χ0n) is 13.6. The van der Waals surface area contributed by atoms with Crippen molar-refractivity contribution in [2.24, 2.45) is 0 Å². The molecule has 0 unspecified atom stereocenters. The number of hydrogen-bond donors (Lipinski definition) is 1. The van der Waals surface area contributed by atoms with Crippen molar-refractivity contribution < 1.29 is 27.5 Å². The average Bonchev–Trinajstić information content (AvgIpc) is 3.10. The molecule has 1 atom stereocenters. The fourth-order valence-electron chi connectivity index (χ4n) is 2.28. The summed E-state index contributed by atoms with van der Waals surface area (Å²) >= 11 is 5.71. The van der Waals surface area contributed by atoms with Gasteiger partial charge in [-0.05, 0) is 37.1 Å². The molecule has 138 valence electrons. The molecule has 0 radical (unpaired) electrons. The van der Waals surface area contributed by atoms with Crippen molar-refractivity contribution in [3.63, 3.8) is 0 Å². The third kappa shape index (κ3) is 6.64. The van der Waals surface area contributed by atoms with E-state index in [1.165, 1.54) is 24.3 Å². The summed E-state index contributed by atoms with van der Waals surface area (Å²) in [6.45, 7) is 0.630. The third-order valence-electron chi connectivity index (χ3n) is 3.66. The first-order valence-electron chi connectivity index (χ1n) is 7.89. The number of sulfone groups is 1. The molecule has 1 fully saturated rings. The minimum Gasteiger partial charge on any atom is -0.456 e. The SMILES string of the molecule is O=C(COC(=O)CCS(=O)(=O)c1ccc(Cl)cc1)NC[C@H]1CCCO1. The second-order valence-electron chi connectivity index (χ2n) is 5.62. The Labute approximate surface area is 151 Å². The molecule has 1 amide bonds. The molecule has 1 aromatic carbocycles. The molecule has 1 aliphatic rings. The van der Waals surface area contributed by atoms with Gasteiger partial charge >= 0.3 is 5.97 Å². The molecule has 0 spiro atoms. The van der Waals surface area contributed by atoms with Gasteiger partial charge in [0.05, 0.1) is 23.2 Å². The largest absolute Gasteiger partial charge is 0.456 e. The highest BCUT2D eigenvalue weighted by Gasteiger charge is 2.19. The van der Waals surface area contributed by atoms with Gasteiger partial charge in [-0.25, -0.2) is 8.42 Å². The zero-order valence-corrected chi connectivity index (χ0v) is 15.1. The molecule has 1 aliphatic heterocycles. The van der Waals surface area contributed by atoms with Crippen LogP contribution in [0.5, 0.6) is 0 Å². The van der Waals surface area contributed by atoms with Gasteiger partial charge in [0.1, 0.15) is 0 Å². The summed E-state index contributed by atoms with van der Waals surface area (Å²) in [7, 11) is -3.61. The molecule has 0 saturated carbocycles. The molecule has 1 heterocycles. The molecule has 0 aliphatic carbocycles. The summed E-state index contributed by atoms with van der Waals surface area (Å²) in [6.07, 6.45) is 1.54. The fraction of sp³-hybridized carbons (Fsp3) is 0.500. The van der Waals surface area contributed by atoms with Gasteiger partial charge in [0.25, 0.3) is 5.91 Å². The van der Waals surface area contributed by atoms with Crippen molar-refractivity contribution in [1.29, 1.82) is 0 Å². The van der Waals surface area contributed by atoms with Crippen molar-refractivity contribution in [1.82, 2.24) is 5.32 Å². The minimum absolute atomic E-state index is 0.00386. The van der Waals surface area contributed by atoms with E-state index in [0.717, 1.165) is 12.8 Å². The quantitative estimate of drug-likeness (QED) is 0.674. The van der Waals surface area contributed by atoms with Crippen LogP contribution in [-0.2, 0) is 28.9 Å². The first-order chi connectivity index (χ1) is 11.9. The smallest absolute Gasteiger partial charge is 0.307 e. The lowest BCUT2D eigenvalue weighted by Gasteiger charge is -2.11. The van der Waals surface area contributed by atoms with Crippen LogP contribution in [0.2, 0.25) is 5.02 Å². The second-order valence-corrected chi connectivity index (χ2v) is 8.17. The van der Waals surface area contributed by atoms with E-state index < -0.39 is 34.1 Å². The van der Waals surface area contributed by atoms with Crippen LogP contribution in [0.4, 0.5) is 0 Å². The summed E-state index contributed by atoms with van der Waals surface area (Å²) in [5, 5.41) is 3.04. The number of halogens is 1. The molecule has 1 aromatic rings. The van der Waals surface area contributed by atoms with Crippen LogP contribution in [0, 0.1) is 0 Å². The van der Waals surface area contributed by atoms with Crippen molar-refractivity contribution in [3.05, 3.63) is 29.3 Å². The van der Waals surface area contributed by atoms with Crippen LogP contribution in [0.15, 0.2) is 29.2 Å². The molecule has 1 saturated heterocycles. The molecule has 25 heavy (non-hydrogen) atoms. The van der Waals surface area contributed by atoms with E-state index in [0.29, 0.717) is 18.2 Å². The number of benzene rings is 1. The van der Waals surface area contributed by atoms with Crippen molar-refractivity contribution in [3.8, 4) is 0 Å². The highest BCUT2D eigenvalue weighted by atomic mass is 35.5. The minimum atomic E-state index is -3.61. The van der Waals surface area contributed by atoms with Crippen molar-refractivity contribution in [2.45, 2.75) is 30.3 Å². The van der Waals surface area contributed by atoms with Crippen LogP contribution >= 0.6 is 11.6 Å². The molecule has 1 N–H and O–H groups in total. The maximum Gasteiger partial charge on any atom is 0.307 e. The number of carbonyl (C=O) groups excluding carboxylic acids is 2. The third-order valence-corrected chi connectivity index (χ3v) is 5.65. The van der Waals surface area contributed by atoms with Crippen LogP contribution in [0.3, 0.4) is 0 Å². The van der Waals surface area contributed by atoms with Crippen molar-refractivity contribution in [2.75, 3.05) is 25.5 Å². The number of ether oxygens (including phenoxy) is 2. The lowest BCUT2D eigenvalue weighted by atomic mass is 10.2. The van der Waals surface area contributed by atoms with Gasteiger partial charge in [0.15, 0.2) is 16.4 Å². The Balaban J connectivity index is 1.69. The Kier molecular flexibility index (Phi) is 7.22. The zero-order chi connectivity index (χ0) is 18.3. The molecule has 2 rings (SSSR count). The first kappa shape index (κ1) is 19.7. The fourth-order valence-corrected chi connectivity index (χ4v) is 3.63. The number of esters is 1. The standard InChI is InChI=1S/C16H20ClNO6S/c17-12-3-5-14(6-4-12)25(21,22)9-7-16(20)24-11-15(19)18-10-13-2-1-8-23-13/h3-6,13H,1-2,7-11H2,(H,18,19)/t13-/m1/s1. The number of carbonyl (C=O) groups is 2. The van der Waals surface area contributed by atoms with Gasteiger partial charge in [-0.3, -0.25) is 9.59 Å². The molecule has 7 nitrogen and oxygen atoms in total. The lowest BCUT2D eigenvalue weighted by molar-refractivity contribution is -0.148. The molecular formula is C16H20ClNO6S. The van der Waals surface area contributed by atoms with E-state index in [2.05, 4.69) is 5.32 Å². The van der Waals surface area contributed by atoms with E-state index >= 15 is 0 Å². The molecule has 0 aromatic heterocycles. The topological polar surface area (TPSA) is 98.8 Å². The summed E-state index contributed by atoms with van der Waals surface area (Å²) in [4.78, 5) is 23.3. The van der Waals surface area contributed by atoms with Crippen LogP contribution in [0.1, 0.15) is 19.3 Å². The van der Waals surface area contributed by atoms with Crippen LogP contribution in [0.25, 0.3) is 0 Å². The molecule has 9 heteroatoms. The highest BCUT2D eigenvalue weighted by molar-refractivity contribution is 7.91. The Bertz CT molecular complexity index is 698. The maximum atomic E-state index is 12.1. The summed E-state index contributed by atoms with van der Waals surface area (Å²) in [5.74, 6) is -1.58. The Morgan fingerprint density at radius 3 is 2.64 bits per heavy atom. The van der Waals surface area contributed by atoms with E-state index in [9.17, 15) is 18.0 Å². The lowest BCUT2D eigenvalue weighted by Crippen LogP contribution is -2.34. The summed E-state index contributed by atoms with van der Waals surface area (Å²) in [5.41, 5.74) is 0. The van der Waals surface area contributed by atoms with Gasteiger partial charge in [-0.1, -0.05) is 11.6 Å². The highest BCUT2D eigenvalue weighted by Crippen LogP contribution is 2.16. The van der Waals surface area contributed by atoms with Crippen molar-refractivity contribution >= 4 is 33.3 Å². The van der Waals surface area contributed by atoms with Gasteiger partial charge in [-0.2, -0.15) is 0 Å². The maximum absolute atomic E-state index is 12.1. The number of nitrogens with one attached hydrogen (secondary N) is 1. The second kappa shape index (κ2) is 9.17. The number of hydrogen-bond acceptors (Lipinski definition) is 6. The van der Waals surface area contributed by atoms with E-state index in [1.807, 2.05) is 0 Å². The monoisotopic (exact) mass is 389 g/mol. The van der Waals surface area contributed by atoms with Crippen LogP contribution in [-0.4, -0.2) is 51.9 Å². The van der Waals surface area contributed by atoms with E-state index in [4.69, 9.17) is 21.1 Å². The summed E-state index contributed by atoms with van der Waals surface area (Å²) in [6, 6.07) is 5.68. The van der Waals surface area contributed by atoms with Gasteiger partial charge in [0, 0.05) is 18.2 Å². The number of rotatable bonds is 8. The van der Waals surface area contributed by atoms with Gasteiger partial charge in [0.2, 0.25) is 0 Å². The molecule has 0 bridgehead atoms. The van der Waals surface area contributed by atoms with E-state index in [1.54, 1.807) is 0 Å². The predicted octanol–water partition coefficient (Wildman–Crippen LogP) is 1.34. The summed E-state index contributed by atoms with van der Waals surface area (Å²) < 4.78 is 34.3. The normalized spacial score (nSPS) is 17.2. The molecular weight excluding hydrogens is 370 g/mol. The van der Waals surface area contributed by atoms with E-state index in [-0.39, 0.29) is 17.4 Å².